The molecular formula is C17H21ClN2O7S. The zero-order valence-electron chi connectivity index (χ0n) is 15.5. The Morgan fingerprint density at radius 3 is 2.36 bits per heavy atom. The van der Waals surface area contributed by atoms with Gasteiger partial charge in [-0.1, -0.05) is 23.4 Å². The van der Waals surface area contributed by atoms with Crippen molar-refractivity contribution in [3.05, 3.63) is 23.5 Å². The predicted octanol–water partition coefficient (Wildman–Crippen LogP) is 1.31. The number of carbonyl (C=O) groups is 3. The van der Waals surface area contributed by atoms with Crippen LogP contribution in [0.5, 0.6) is 0 Å². The molecule has 1 aromatic heterocycles. The molecule has 0 spiro atoms. The summed E-state index contributed by atoms with van der Waals surface area (Å²) in [7, 11) is 0. The minimum atomic E-state index is -0.976. The molecular weight excluding hydrogens is 412 g/mol. The topological polar surface area (TPSA) is 127 Å². The number of hydrogen-bond acceptors (Lipinski definition) is 10. The van der Waals surface area contributed by atoms with Gasteiger partial charge in [0, 0.05) is 38.1 Å². The molecule has 1 aliphatic rings. The molecule has 5 unspecified atom stereocenters. The van der Waals surface area contributed by atoms with Gasteiger partial charge in [-0.05, 0) is 6.07 Å². The Morgan fingerprint density at radius 2 is 1.79 bits per heavy atom. The summed E-state index contributed by atoms with van der Waals surface area (Å²) in [6.07, 6.45) is 0.285. The van der Waals surface area contributed by atoms with Crippen LogP contribution in [-0.4, -0.2) is 59.3 Å². The molecule has 28 heavy (non-hydrogen) atoms. The molecule has 0 amide bonds. The average molecular weight is 433 g/mol. The summed E-state index contributed by atoms with van der Waals surface area (Å²) < 4.78 is 21.6. The van der Waals surface area contributed by atoms with Crippen molar-refractivity contribution in [1.29, 1.82) is 0 Å². The molecule has 154 valence electrons. The highest BCUT2D eigenvalue weighted by atomic mass is 35.5. The summed E-state index contributed by atoms with van der Waals surface area (Å²) in [4.78, 5) is 38.9. The molecule has 1 fully saturated rings. The van der Waals surface area contributed by atoms with Gasteiger partial charge >= 0.3 is 17.9 Å². The van der Waals surface area contributed by atoms with Crippen molar-refractivity contribution >= 4 is 41.3 Å². The highest BCUT2D eigenvalue weighted by molar-refractivity contribution is 7.99. The van der Waals surface area contributed by atoms with E-state index in [1.807, 2.05) is 0 Å². The minimum Gasteiger partial charge on any atom is -0.463 e. The van der Waals surface area contributed by atoms with Crippen LogP contribution in [-0.2, 0) is 33.3 Å². The Balaban J connectivity index is 2.29. The Hall–Kier alpha value is -1.88. The molecule has 0 aliphatic carbocycles. The quantitative estimate of drug-likeness (QED) is 0.519. The van der Waals surface area contributed by atoms with Crippen LogP contribution in [0.2, 0.25) is 5.02 Å². The molecule has 9 nitrogen and oxygen atoms in total. The SMILES string of the molecule is CC(=O)OCC1OC(Sc2cncc(Cl)c2)C(OC(C)=O)C(N)C1OC(C)=O. The number of carbonyl (C=O) groups excluding carboxylic acids is 3. The number of ether oxygens (including phenoxy) is 4. The number of thioether (sulfide) groups is 1. The Kier molecular flexibility index (Phi) is 8.05. The molecule has 0 saturated carbocycles. The van der Waals surface area contributed by atoms with Crippen molar-refractivity contribution in [1.82, 2.24) is 4.98 Å². The number of pyridine rings is 1. The van der Waals surface area contributed by atoms with E-state index in [1.165, 1.54) is 38.7 Å². The van der Waals surface area contributed by atoms with E-state index < -0.39 is 47.7 Å². The van der Waals surface area contributed by atoms with Crippen LogP contribution < -0.4 is 5.73 Å². The first kappa shape index (κ1) is 22.4. The number of rotatable bonds is 6. The third-order valence-corrected chi connectivity index (χ3v) is 5.00. The molecule has 0 aromatic carbocycles. The van der Waals surface area contributed by atoms with Gasteiger partial charge in [-0.15, -0.1) is 0 Å². The Bertz CT molecular complexity index is 733. The van der Waals surface area contributed by atoms with Gasteiger partial charge < -0.3 is 24.7 Å². The molecule has 1 saturated heterocycles. The summed E-state index contributed by atoms with van der Waals surface area (Å²) in [5.41, 5.74) is 5.49. The zero-order valence-corrected chi connectivity index (χ0v) is 17.1. The zero-order chi connectivity index (χ0) is 20.8. The number of aromatic nitrogens is 1. The van der Waals surface area contributed by atoms with Gasteiger partial charge in [-0.25, -0.2) is 0 Å². The van der Waals surface area contributed by atoms with Gasteiger partial charge in [-0.3, -0.25) is 19.4 Å². The van der Waals surface area contributed by atoms with Crippen molar-refractivity contribution in [3.63, 3.8) is 0 Å². The highest BCUT2D eigenvalue weighted by Crippen LogP contribution is 2.36. The van der Waals surface area contributed by atoms with Crippen LogP contribution in [0.25, 0.3) is 0 Å². The summed E-state index contributed by atoms with van der Waals surface area (Å²) in [5.74, 6) is -1.69. The van der Waals surface area contributed by atoms with E-state index >= 15 is 0 Å². The Morgan fingerprint density at radius 1 is 1.14 bits per heavy atom. The third kappa shape index (κ3) is 6.33. The normalized spacial score (nSPS) is 27.0. The number of hydrogen-bond donors (Lipinski definition) is 1. The van der Waals surface area contributed by atoms with E-state index in [4.69, 9.17) is 36.3 Å². The lowest BCUT2D eigenvalue weighted by Crippen LogP contribution is -2.63. The van der Waals surface area contributed by atoms with E-state index in [0.29, 0.717) is 9.92 Å². The van der Waals surface area contributed by atoms with Crippen LogP contribution in [0, 0.1) is 0 Å². The van der Waals surface area contributed by atoms with Crippen molar-refractivity contribution in [2.24, 2.45) is 5.73 Å². The monoisotopic (exact) mass is 432 g/mol. The van der Waals surface area contributed by atoms with Crippen molar-refractivity contribution in [2.75, 3.05) is 6.61 Å². The van der Waals surface area contributed by atoms with Crippen LogP contribution >= 0.6 is 23.4 Å². The lowest BCUT2D eigenvalue weighted by Gasteiger charge is -2.43. The van der Waals surface area contributed by atoms with Crippen LogP contribution in [0.15, 0.2) is 23.4 Å². The first-order valence-corrected chi connectivity index (χ1v) is 9.59. The second kappa shape index (κ2) is 10.1. The average Bonchev–Trinajstić information content (AvgIpc) is 2.58. The van der Waals surface area contributed by atoms with Crippen LogP contribution in [0.4, 0.5) is 0 Å². The molecule has 5 atom stereocenters. The van der Waals surface area contributed by atoms with Gasteiger partial charge in [-0.2, -0.15) is 0 Å². The standard InChI is InChI=1S/C17H21ClN2O7S/c1-8(21)24-7-13-15(25-9(2)22)14(19)16(26-10(3)23)17(27-13)28-12-4-11(18)5-20-6-12/h4-6,13-17H,7,19H2,1-3H3. The smallest absolute Gasteiger partial charge is 0.303 e. The van der Waals surface area contributed by atoms with Gasteiger partial charge in [0.15, 0.2) is 6.10 Å². The van der Waals surface area contributed by atoms with Crippen LogP contribution in [0.1, 0.15) is 20.8 Å². The number of nitrogens with zero attached hydrogens (tertiary/aromatic N) is 1. The van der Waals surface area contributed by atoms with Gasteiger partial charge in [0.1, 0.15) is 24.3 Å². The molecule has 11 heteroatoms. The molecule has 2 N–H and O–H groups in total. The second-order valence-corrected chi connectivity index (χ2v) is 7.64. The molecule has 0 radical (unpaired) electrons. The third-order valence-electron chi connectivity index (χ3n) is 3.69. The van der Waals surface area contributed by atoms with Gasteiger partial charge in [0.25, 0.3) is 0 Å². The maximum Gasteiger partial charge on any atom is 0.303 e. The fraction of sp³-hybridized carbons (Fsp3) is 0.529. The highest BCUT2D eigenvalue weighted by Gasteiger charge is 2.48. The van der Waals surface area contributed by atoms with Crippen molar-refractivity contribution in [2.45, 2.75) is 55.5 Å². The molecule has 1 aliphatic heterocycles. The van der Waals surface area contributed by atoms with E-state index in [-0.39, 0.29) is 6.61 Å². The summed E-state index contributed by atoms with van der Waals surface area (Å²) >= 11 is 7.15. The minimum absolute atomic E-state index is 0.182. The Labute approximate surface area is 171 Å². The number of nitrogens with two attached hydrogens (primary N) is 1. The molecule has 2 rings (SSSR count). The maximum atomic E-state index is 11.6. The summed E-state index contributed by atoms with van der Waals surface area (Å²) in [6.45, 7) is 3.52. The van der Waals surface area contributed by atoms with E-state index in [0.717, 1.165) is 0 Å². The van der Waals surface area contributed by atoms with Gasteiger partial charge in [0.2, 0.25) is 0 Å². The van der Waals surface area contributed by atoms with Crippen molar-refractivity contribution < 1.29 is 33.3 Å². The first-order valence-electron chi connectivity index (χ1n) is 8.33. The molecule has 1 aromatic rings. The number of esters is 3. The fourth-order valence-corrected chi connectivity index (χ4v) is 4.03. The fourth-order valence-electron chi connectivity index (χ4n) is 2.63. The lowest BCUT2D eigenvalue weighted by molar-refractivity contribution is -0.201. The van der Waals surface area contributed by atoms with E-state index in [9.17, 15) is 14.4 Å². The molecule has 0 bridgehead atoms. The number of halogens is 1. The van der Waals surface area contributed by atoms with E-state index in [2.05, 4.69) is 4.98 Å². The summed E-state index contributed by atoms with van der Waals surface area (Å²) in [5, 5.41) is 0.420. The lowest BCUT2D eigenvalue weighted by atomic mass is 9.97. The maximum absolute atomic E-state index is 11.6. The van der Waals surface area contributed by atoms with E-state index in [1.54, 1.807) is 12.3 Å². The predicted molar refractivity (Wildman–Crippen MR) is 99.5 cm³/mol. The summed E-state index contributed by atoms with van der Waals surface area (Å²) in [6, 6.07) is 0.754. The second-order valence-electron chi connectivity index (χ2n) is 6.03. The van der Waals surface area contributed by atoms with Crippen LogP contribution in [0.3, 0.4) is 0 Å². The largest absolute Gasteiger partial charge is 0.463 e. The first-order chi connectivity index (χ1) is 13.2. The molecule has 2 heterocycles. The van der Waals surface area contributed by atoms with Gasteiger partial charge in [0.05, 0.1) is 11.1 Å². The van der Waals surface area contributed by atoms with Crippen molar-refractivity contribution in [3.8, 4) is 0 Å².